The number of hydrogen-bond acceptors (Lipinski definition) is 3. The van der Waals surface area contributed by atoms with E-state index in [2.05, 4.69) is 24.4 Å². The van der Waals surface area contributed by atoms with Crippen molar-refractivity contribution in [2.75, 3.05) is 39.4 Å². The number of hydrogen-bond donors (Lipinski definition) is 1. The number of rotatable bonds is 6. The normalized spacial score (nSPS) is 21.9. The molecule has 0 radical (unpaired) electrons. The molecule has 1 aromatic carbocycles. The predicted octanol–water partition coefficient (Wildman–Crippen LogP) is 3.12. The monoisotopic (exact) mass is 344 g/mol. The van der Waals surface area contributed by atoms with Crippen LogP contribution in [-0.2, 0) is 11.2 Å². The summed E-state index contributed by atoms with van der Waals surface area (Å²) in [6.07, 6.45) is 5.83. The molecule has 0 bridgehead atoms. The number of amides is 1. The second kappa shape index (κ2) is 9.35. The minimum absolute atomic E-state index is 0.167. The lowest BCUT2D eigenvalue weighted by atomic mass is 9.92. The van der Waals surface area contributed by atoms with Gasteiger partial charge in [-0.1, -0.05) is 12.1 Å². The summed E-state index contributed by atoms with van der Waals surface area (Å²) < 4.78 is 5.43. The third kappa shape index (κ3) is 5.29. The lowest BCUT2D eigenvalue weighted by molar-refractivity contribution is 0.0467. The molecule has 3 rings (SSSR count). The molecule has 0 aromatic heterocycles. The first-order valence-corrected chi connectivity index (χ1v) is 9.93. The van der Waals surface area contributed by atoms with E-state index in [4.69, 9.17) is 4.74 Å². The van der Waals surface area contributed by atoms with Crippen molar-refractivity contribution in [3.05, 3.63) is 35.4 Å². The van der Waals surface area contributed by atoms with Crippen molar-refractivity contribution >= 4 is 5.91 Å². The molecule has 2 aliphatic rings. The minimum Gasteiger partial charge on any atom is -0.381 e. The van der Waals surface area contributed by atoms with E-state index in [0.717, 1.165) is 70.1 Å². The van der Waals surface area contributed by atoms with Gasteiger partial charge in [-0.25, -0.2) is 0 Å². The number of carbonyl (C=O) groups excluding carboxylic acids is 1. The number of ether oxygens (including phenoxy) is 1. The molecule has 0 aliphatic carbocycles. The Hall–Kier alpha value is -1.39. The van der Waals surface area contributed by atoms with Crippen molar-refractivity contribution in [2.24, 2.45) is 11.8 Å². The van der Waals surface area contributed by atoms with E-state index in [0.29, 0.717) is 5.92 Å². The molecule has 0 saturated carbocycles. The van der Waals surface area contributed by atoms with Crippen LogP contribution in [-0.4, -0.2) is 50.2 Å². The van der Waals surface area contributed by atoms with Gasteiger partial charge in [0.1, 0.15) is 0 Å². The van der Waals surface area contributed by atoms with Crippen LogP contribution in [0.25, 0.3) is 0 Å². The molecule has 1 aromatic rings. The zero-order chi connectivity index (χ0) is 17.5. The first-order valence-electron chi connectivity index (χ1n) is 9.93. The number of benzene rings is 1. The summed E-state index contributed by atoms with van der Waals surface area (Å²) >= 11 is 0. The Morgan fingerprint density at radius 2 is 1.92 bits per heavy atom. The van der Waals surface area contributed by atoms with Crippen LogP contribution in [0.3, 0.4) is 0 Å². The molecule has 1 N–H and O–H groups in total. The molecule has 4 nitrogen and oxygen atoms in total. The van der Waals surface area contributed by atoms with Gasteiger partial charge in [-0.15, -0.1) is 0 Å². The van der Waals surface area contributed by atoms with E-state index in [-0.39, 0.29) is 5.91 Å². The number of nitrogens with zero attached hydrogens (tertiary/aromatic N) is 1. The Labute approximate surface area is 151 Å². The van der Waals surface area contributed by atoms with E-state index in [1.807, 2.05) is 17.0 Å². The van der Waals surface area contributed by atoms with Gasteiger partial charge in [0.15, 0.2) is 0 Å². The van der Waals surface area contributed by atoms with E-state index < -0.39 is 0 Å². The highest BCUT2D eigenvalue weighted by molar-refractivity contribution is 5.94. The molecule has 0 unspecified atom stereocenters. The lowest BCUT2D eigenvalue weighted by Gasteiger charge is -2.29. The first kappa shape index (κ1) is 18.4. The van der Waals surface area contributed by atoms with Gasteiger partial charge in [0.05, 0.1) is 0 Å². The Kier molecular flexibility index (Phi) is 6.88. The second-order valence-electron chi connectivity index (χ2n) is 7.51. The Morgan fingerprint density at radius 1 is 1.16 bits per heavy atom. The maximum absolute atomic E-state index is 12.8. The van der Waals surface area contributed by atoms with E-state index in [9.17, 15) is 4.79 Å². The van der Waals surface area contributed by atoms with Crippen LogP contribution in [0.5, 0.6) is 0 Å². The highest BCUT2D eigenvalue weighted by Crippen LogP contribution is 2.19. The molecule has 1 amide bonds. The summed E-state index contributed by atoms with van der Waals surface area (Å²) in [5.74, 6) is 1.48. The quantitative estimate of drug-likeness (QED) is 0.862. The van der Waals surface area contributed by atoms with Crippen LogP contribution in [0.15, 0.2) is 24.3 Å². The molecule has 1 atom stereocenters. The van der Waals surface area contributed by atoms with Gasteiger partial charge in [0.2, 0.25) is 0 Å². The first-order chi connectivity index (χ1) is 12.3. The smallest absolute Gasteiger partial charge is 0.253 e. The summed E-state index contributed by atoms with van der Waals surface area (Å²) in [6, 6.07) is 8.31. The zero-order valence-corrected chi connectivity index (χ0v) is 15.5. The summed E-state index contributed by atoms with van der Waals surface area (Å²) in [5, 5.41) is 3.48. The Morgan fingerprint density at radius 3 is 2.56 bits per heavy atom. The number of piperidine rings is 1. The summed E-state index contributed by atoms with van der Waals surface area (Å²) in [5.41, 5.74) is 2.16. The summed E-state index contributed by atoms with van der Waals surface area (Å²) in [6.45, 7) is 7.64. The molecule has 2 fully saturated rings. The van der Waals surface area contributed by atoms with Crippen LogP contribution < -0.4 is 5.32 Å². The molecule has 2 heterocycles. The molecule has 2 aliphatic heterocycles. The van der Waals surface area contributed by atoms with Crippen molar-refractivity contribution in [3.63, 3.8) is 0 Å². The van der Waals surface area contributed by atoms with Crippen molar-refractivity contribution in [3.8, 4) is 0 Å². The third-order valence-corrected chi connectivity index (χ3v) is 5.61. The van der Waals surface area contributed by atoms with Gasteiger partial charge in [0, 0.05) is 31.9 Å². The Bertz CT molecular complexity index is 531. The average Bonchev–Trinajstić information content (AvgIpc) is 2.68. The van der Waals surface area contributed by atoms with Crippen molar-refractivity contribution in [1.82, 2.24) is 10.2 Å². The average molecular weight is 344 g/mol. The fourth-order valence-electron chi connectivity index (χ4n) is 3.99. The zero-order valence-electron chi connectivity index (χ0n) is 15.5. The molecule has 4 heteroatoms. The van der Waals surface area contributed by atoms with Crippen LogP contribution in [0.4, 0.5) is 0 Å². The van der Waals surface area contributed by atoms with Gasteiger partial charge >= 0.3 is 0 Å². The third-order valence-electron chi connectivity index (χ3n) is 5.61. The van der Waals surface area contributed by atoms with Crippen LogP contribution in [0.1, 0.15) is 48.5 Å². The molecule has 0 spiro atoms. The maximum Gasteiger partial charge on any atom is 0.253 e. The van der Waals surface area contributed by atoms with Gasteiger partial charge < -0.3 is 15.0 Å². The molecular formula is C21H32N2O2. The molecule has 138 valence electrons. The van der Waals surface area contributed by atoms with E-state index in [1.165, 1.54) is 18.4 Å². The van der Waals surface area contributed by atoms with Crippen molar-refractivity contribution in [1.29, 1.82) is 0 Å². The Balaban J connectivity index is 1.56. The standard InChI is InChI=1S/C21H32N2O2/c1-2-23(16-18-9-12-25-13-10-18)21(24)20-7-5-17(6-8-20)14-19-4-3-11-22-15-19/h5-8,18-19,22H,2-4,9-16H2,1H3/t19-/m0/s1. The topological polar surface area (TPSA) is 41.6 Å². The van der Waals surface area contributed by atoms with Gasteiger partial charge in [-0.2, -0.15) is 0 Å². The predicted molar refractivity (Wildman–Crippen MR) is 101 cm³/mol. The molecule has 2 saturated heterocycles. The highest BCUT2D eigenvalue weighted by Gasteiger charge is 2.21. The van der Waals surface area contributed by atoms with E-state index in [1.54, 1.807) is 0 Å². The van der Waals surface area contributed by atoms with Crippen molar-refractivity contribution < 1.29 is 9.53 Å². The SMILES string of the molecule is CCN(CC1CCOCC1)C(=O)c1ccc(C[C@@H]2CCCNC2)cc1. The van der Waals surface area contributed by atoms with Gasteiger partial charge in [-0.3, -0.25) is 4.79 Å². The van der Waals surface area contributed by atoms with E-state index >= 15 is 0 Å². The summed E-state index contributed by atoms with van der Waals surface area (Å²) in [7, 11) is 0. The fourth-order valence-corrected chi connectivity index (χ4v) is 3.99. The molecular weight excluding hydrogens is 312 g/mol. The van der Waals surface area contributed by atoms with Crippen LogP contribution in [0.2, 0.25) is 0 Å². The van der Waals surface area contributed by atoms with Crippen LogP contribution >= 0.6 is 0 Å². The highest BCUT2D eigenvalue weighted by atomic mass is 16.5. The minimum atomic E-state index is 0.167. The maximum atomic E-state index is 12.8. The fraction of sp³-hybridized carbons (Fsp3) is 0.667. The lowest BCUT2D eigenvalue weighted by Crippen LogP contribution is -2.37. The van der Waals surface area contributed by atoms with Crippen molar-refractivity contribution in [2.45, 2.75) is 39.0 Å². The molecule has 25 heavy (non-hydrogen) atoms. The van der Waals surface area contributed by atoms with Crippen LogP contribution in [0, 0.1) is 11.8 Å². The largest absolute Gasteiger partial charge is 0.381 e. The summed E-state index contributed by atoms with van der Waals surface area (Å²) in [4.78, 5) is 14.8. The number of nitrogens with one attached hydrogen (secondary N) is 1. The number of carbonyl (C=O) groups is 1. The van der Waals surface area contributed by atoms with Gasteiger partial charge in [-0.05, 0) is 81.6 Å². The second-order valence-corrected chi connectivity index (χ2v) is 7.51. The van der Waals surface area contributed by atoms with Gasteiger partial charge in [0.25, 0.3) is 5.91 Å².